The smallest absolute Gasteiger partial charge is 0.165 e. The van der Waals surface area contributed by atoms with Gasteiger partial charge in [-0.15, -0.1) is 10.2 Å². The SMILES string of the molecule is Cn1cnnc1-c1ccccc1NC1CCNC1. The first-order valence-electron chi connectivity index (χ1n) is 6.25. The van der Waals surface area contributed by atoms with Gasteiger partial charge in [0.1, 0.15) is 6.33 Å². The summed E-state index contributed by atoms with van der Waals surface area (Å²) in [6.07, 6.45) is 2.89. The monoisotopic (exact) mass is 243 g/mol. The molecule has 1 aliphatic rings. The lowest BCUT2D eigenvalue weighted by Crippen LogP contribution is -2.22. The van der Waals surface area contributed by atoms with Crippen LogP contribution in [0.5, 0.6) is 0 Å². The lowest BCUT2D eigenvalue weighted by Gasteiger charge is -2.16. The molecule has 5 nitrogen and oxygen atoms in total. The lowest BCUT2D eigenvalue weighted by molar-refractivity contribution is 0.793. The Morgan fingerprint density at radius 1 is 1.39 bits per heavy atom. The number of aryl methyl sites for hydroxylation is 1. The van der Waals surface area contributed by atoms with Crippen LogP contribution in [-0.4, -0.2) is 33.9 Å². The van der Waals surface area contributed by atoms with Crippen LogP contribution in [0.1, 0.15) is 6.42 Å². The Morgan fingerprint density at radius 3 is 3.00 bits per heavy atom. The zero-order valence-electron chi connectivity index (χ0n) is 10.4. The largest absolute Gasteiger partial charge is 0.380 e. The van der Waals surface area contributed by atoms with Crippen molar-refractivity contribution in [2.75, 3.05) is 18.4 Å². The van der Waals surface area contributed by atoms with Crippen LogP contribution in [0, 0.1) is 0 Å². The quantitative estimate of drug-likeness (QED) is 0.852. The molecule has 2 aromatic rings. The van der Waals surface area contributed by atoms with Crippen LogP contribution in [0.25, 0.3) is 11.4 Å². The molecule has 1 unspecified atom stereocenters. The van der Waals surface area contributed by atoms with E-state index in [2.05, 4.69) is 33.0 Å². The second-order valence-corrected chi connectivity index (χ2v) is 4.65. The van der Waals surface area contributed by atoms with Gasteiger partial charge < -0.3 is 15.2 Å². The maximum absolute atomic E-state index is 4.18. The molecular weight excluding hydrogens is 226 g/mol. The van der Waals surface area contributed by atoms with E-state index < -0.39 is 0 Å². The fourth-order valence-corrected chi connectivity index (χ4v) is 2.33. The first-order chi connectivity index (χ1) is 8.84. The summed E-state index contributed by atoms with van der Waals surface area (Å²) in [5.41, 5.74) is 2.23. The number of nitrogens with one attached hydrogen (secondary N) is 2. The van der Waals surface area contributed by atoms with Crippen molar-refractivity contribution in [1.82, 2.24) is 20.1 Å². The minimum absolute atomic E-state index is 0.499. The van der Waals surface area contributed by atoms with Gasteiger partial charge in [0.25, 0.3) is 0 Å². The maximum Gasteiger partial charge on any atom is 0.165 e. The van der Waals surface area contributed by atoms with Crippen molar-refractivity contribution < 1.29 is 0 Å². The van der Waals surface area contributed by atoms with Crippen molar-refractivity contribution >= 4 is 5.69 Å². The third kappa shape index (κ3) is 2.09. The average molecular weight is 243 g/mol. The Hall–Kier alpha value is -1.88. The van der Waals surface area contributed by atoms with E-state index in [-0.39, 0.29) is 0 Å². The highest BCUT2D eigenvalue weighted by Crippen LogP contribution is 2.26. The highest BCUT2D eigenvalue weighted by Gasteiger charge is 2.16. The summed E-state index contributed by atoms with van der Waals surface area (Å²) in [5, 5.41) is 15.1. The maximum atomic E-state index is 4.18. The summed E-state index contributed by atoms with van der Waals surface area (Å²) >= 11 is 0. The van der Waals surface area contributed by atoms with Gasteiger partial charge in [0.2, 0.25) is 0 Å². The molecule has 1 fully saturated rings. The molecule has 18 heavy (non-hydrogen) atoms. The van der Waals surface area contributed by atoms with Crippen molar-refractivity contribution in [3.8, 4) is 11.4 Å². The molecule has 1 aliphatic heterocycles. The van der Waals surface area contributed by atoms with Gasteiger partial charge in [-0.3, -0.25) is 0 Å². The zero-order valence-corrected chi connectivity index (χ0v) is 10.4. The lowest BCUT2D eigenvalue weighted by atomic mass is 10.1. The van der Waals surface area contributed by atoms with E-state index in [0.29, 0.717) is 6.04 Å². The van der Waals surface area contributed by atoms with Gasteiger partial charge in [-0.2, -0.15) is 0 Å². The minimum atomic E-state index is 0.499. The second kappa shape index (κ2) is 4.78. The number of para-hydroxylation sites is 1. The molecule has 1 aromatic heterocycles. The highest BCUT2D eigenvalue weighted by atomic mass is 15.2. The molecule has 1 aromatic carbocycles. The number of rotatable bonds is 3. The van der Waals surface area contributed by atoms with Crippen LogP contribution in [0.4, 0.5) is 5.69 Å². The van der Waals surface area contributed by atoms with Crippen molar-refractivity contribution in [3.05, 3.63) is 30.6 Å². The molecule has 2 N–H and O–H groups in total. The summed E-state index contributed by atoms with van der Waals surface area (Å²) in [5.74, 6) is 0.893. The van der Waals surface area contributed by atoms with E-state index >= 15 is 0 Å². The topological polar surface area (TPSA) is 54.8 Å². The van der Waals surface area contributed by atoms with Crippen molar-refractivity contribution in [2.45, 2.75) is 12.5 Å². The Bertz CT molecular complexity index is 528. The molecular formula is C13H17N5. The van der Waals surface area contributed by atoms with E-state index in [4.69, 9.17) is 0 Å². The van der Waals surface area contributed by atoms with Crippen LogP contribution in [0.15, 0.2) is 30.6 Å². The number of hydrogen-bond acceptors (Lipinski definition) is 4. The predicted molar refractivity (Wildman–Crippen MR) is 71.3 cm³/mol. The molecule has 0 aliphatic carbocycles. The van der Waals surface area contributed by atoms with E-state index in [1.165, 1.54) is 0 Å². The highest BCUT2D eigenvalue weighted by molar-refractivity contribution is 5.73. The van der Waals surface area contributed by atoms with Gasteiger partial charge in [-0.1, -0.05) is 12.1 Å². The number of benzene rings is 1. The molecule has 3 rings (SSSR count). The number of nitrogens with zero attached hydrogens (tertiary/aromatic N) is 3. The normalized spacial score (nSPS) is 19.1. The van der Waals surface area contributed by atoms with Gasteiger partial charge in [-0.25, -0.2) is 0 Å². The van der Waals surface area contributed by atoms with Crippen LogP contribution in [0.3, 0.4) is 0 Å². The summed E-state index contributed by atoms with van der Waals surface area (Å²) in [6.45, 7) is 2.11. The first kappa shape index (κ1) is 11.2. The molecule has 2 heterocycles. The molecule has 94 valence electrons. The Labute approximate surface area is 106 Å². The molecule has 0 radical (unpaired) electrons. The van der Waals surface area contributed by atoms with Gasteiger partial charge in [-0.05, 0) is 25.1 Å². The molecule has 1 saturated heterocycles. The third-order valence-corrected chi connectivity index (χ3v) is 3.30. The predicted octanol–water partition coefficient (Wildman–Crippen LogP) is 1.26. The van der Waals surface area contributed by atoms with Gasteiger partial charge in [0, 0.05) is 30.9 Å². The Kier molecular flexibility index (Phi) is 2.98. The van der Waals surface area contributed by atoms with Crippen molar-refractivity contribution in [1.29, 1.82) is 0 Å². The number of aromatic nitrogens is 3. The molecule has 0 spiro atoms. The standard InChI is InChI=1S/C13H17N5/c1-18-9-15-17-13(18)11-4-2-3-5-12(11)16-10-6-7-14-8-10/h2-5,9-10,14,16H,6-8H2,1H3. The fourth-order valence-electron chi connectivity index (χ4n) is 2.33. The van der Waals surface area contributed by atoms with E-state index in [1.54, 1.807) is 6.33 Å². The Balaban J connectivity index is 1.92. The molecule has 5 heteroatoms. The molecule has 0 amide bonds. The first-order valence-corrected chi connectivity index (χ1v) is 6.25. The van der Waals surface area contributed by atoms with Crippen LogP contribution in [-0.2, 0) is 7.05 Å². The Morgan fingerprint density at radius 2 is 2.28 bits per heavy atom. The number of anilines is 1. The summed E-state index contributed by atoms with van der Waals surface area (Å²) in [7, 11) is 1.96. The van der Waals surface area contributed by atoms with Crippen LogP contribution in [0.2, 0.25) is 0 Å². The van der Waals surface area contributed by atoms with Gasteiger partial charge >= 0.3 is 0 Å². The number of hydrogen-bond donors (Lipinski definition) is 2. The van der Waals surface area contributed by atoms with E-state index in [1.807, 2.05) is 23.7 Å². The summed E-state index contributed by atoms with van der Waals surface area (Å²) in [4.78, 5) is 0. The van der Waals surface area contributed by atoms with Crippen LogP contribution >= 0.6 is 0 Å². The second-order valence-electron chi connectivity index (χ2n) is 4.65. The van der Waals surface area contributed by atoms with E-state index in [0.717, 1.165) is 36.6 Å². The zero-order chi connectivity index (χ0) is 12.4. The molecule has 1 atom stereocenters. The summed E-state index contributed by atoms with van der Waals surface area (Å²) < 4.78 is 1.94. The van der Waals surface area contributed by atoms with Crippen molar-refractivity contribution in [3.63, 3.8) is 0 Å². The van der Waals surface area contributed by atoms with Gasteiger partial charge in [0.15, 0.2) is 5.82 Å². The van der Waals surface area contributed by atoms with Gasteiger partial charge in [0.05, 0.1) is 0 Å². The average Bonchev–Trinajstić information content (AvgIpc) is 3.02. The minimum Gasteiger partial charge on any atom is -0.380 e. The van der Waals surface area contributed by atoms with E-state index in [9.17, 15) is 0 Å². The molecule has 0 bridgehead atoms. The van der Waals surface area contributed by atoms with Crippen molar-refractivity contribution in [2.24, 2.45) is 7.05 Å². The molecule has 0 saturated carbocycles. The van der Waals surface area contributed by atoms with Crippen LogP contribution < -0.4 is 10.6 Å². The fraction of sp³-hybridized carbons (Fsp3) is 0.385. The third-order valence-electron chi connectivity index (χ3n) is 3.30. The summed E-state index contributed by atoms with van der Waals surface area (Å²) in [6, 6.07) is 8.75.